The van der Waals surface area contributed by atoms with Gasteiger partial charge in [0, 0.05) is 0 Å². The van der Waals surface area contributed by atoms with Crippen molar-refractivity contribution in [2.75, 3.05) is 0 Å². The minimum absolute atomic E-state index is 0.00703. The molecule has 0 heterocycles. The first kappa shape index (κ1) is 16.7. The van der Waals surface area contributed by atoms with Gasteiger partial charge in [-0.05, 0) is 31.1 Å². The Morgan fingerprint density at radius 2 is 1.85 bits per heavy atom. The summed E-state index contributed by atoms with van der Waals surface area (Å²) >= 11 is 0. The average molecular weight is 297 g/mol. The zero-order valence-electron chi connectivity index (χ0n) is 11.9. The number of ether oxygens (including phenoxy) is 1. The number of unbranched alkanes of at least 4 members (excludes halogenated alkanes) is 5. The van der Waals surface area contributed by atoms with Crippen molar-refractivity contribution in [2.45, 2.75) is 50.3 Å². The average Bonchev–Trinajstić information content (AvgIpc) is 2.41. The number of benzene rings is 1. The van der Waals surface area contributed by atoms with Crippen molar-refractivity contribution in [3.63, 3.8) is 0 Å². The topological polar surface area (TPSA) is 69.4 Å². The van der Waals surface area contributed by atoms with E-state index in [9.17, 15) is 8.42 Å². The summed E-state index contributed by atoms with van der Waals surface area (Å²) in [7, 11) is -3.75. The maximum Gasteiger partial charge on any atom is 0.241 e. The Morgan fingerprint density at radius 3 is 2.55 bits per heavy atom. The van der Waals surface area contributed by atoms with E-state index in [-0.39, 0.29) is 10.6 Å². The maximum atomic E-state index is 11.4. The largest absolute Gasteiger partial charge is 0.464 e. The highest BCUT2D eigenvalue weighted by atomic mass is 32.2. The molecule has 0 radical (unpaired) electrons. The molecule has 0 unspecified atom stereocenters. The standard InChI is InChI=1S/C15H23NO3S/c1-2-3-4-5-6-7-10-13-19-14-11-8-9-12-15(14)20(16,17)18/h8-13H,2-7H2,1H3,(H2,16,17,18). The lowest BCUT2D eigenvalue weighted by Crippen LogP contribution is -2.13. The van der Waals surface area contributed by atoms with Gasteiger partial charge in [-0.15, -0.1) is 0 Å². The second-order valence-corrected chi connectivity index (χ2v) is 6.21. The van der Waals surface area contributed by atoms with Gasteiger partial charge in [0.2, 0.25) is 10.0 Å². The fourth-order valence-electron chi connectivity index (χ4n) is 1.84. The number of allylic oxidation sites excluding steroid dienone is 1. The first-order valence-corrected chi connectivity index (χ1v) is 8.54. The van der Waals surface area contributed by atoms with Crippen LogP contribution in [0.5, 0.6) is 5.75 Å². The van der Waals surface area contributed by atoms with E-state index < -0.39 is 10.0 Å². The normalized spacial score (nSPS) is 11.9. The molecule has 0 aliphatic heterocycles. The van der Waals surface area contributed by atoms with Crippen molar-refractivity contribution < 1.29 is 13.2 Å². The van der Waals surface area contributed by atoms with Crippen LogP contribution in [0.25, 0.3) is 0 Å². The van der Waals surface area contributed by atoms with Gasteiger partial charge in [0.1, 0.15) is 10.6 Å². The Balaban J connectivity index is 2.42. The first-order valence-electron chi connectivity index (χ1n) is 6.99. The molecule has 0 aromatic heterocycles. The van der Waals surface area contributed by atoms with Gasteiger partial charge in [-0.25, -0.2) is 13.6 Å². The van der Waals surface area contributed by atoms with E-state index in [2.05, 4.69) is 6.92 Å². The predicted molar refractivity (Wildman–Crippen MR) is 81.0 cm³/mol. The van der Waals surface area contributed by atoms with E-state index in [4.69, 9.17) is 9.88 Å². The first-order chi connectivity index (χ1) is 9.55. The zero-order chi connectivity index (χ0) is 14.8. The van der Waals surface area contributed by atoms with Crippen molar-refractivity contribution in [2.24, 2.45) is 5.14 Å². The van der Waals surface area contributed by atoms with Gasteiger partial charge in [0.15, 0.2) is 0 Å². The molecule has 5 heteroatoms. The van der Waals surface area contributed by atoms with Crippen LogP contribution < -0.4 is 9.88 Å². The third kappa shape index (κ3) is 6.21. The molecule has 0 aliphatic carbocycles. The van der Waals surface area contributed by atoms with E-state index in [1.807, 2.05) is 6.08 Å². The Bertz CT molecular complexity index is 524. The Labute approximate surface area is 121 Å². The van der Waals surface area contributed by atoms with Crippen LogP contribution in [0.2, 0.25) is 0 Å². The predicted octanol–water partition coefficient (Wildman–Crippen LogP) is 3.59. The molecule has 0 saturated carbocycles. The summed E-state index contributed by atoms with van der Waals surface area (Å²) in [6, 6.07) is 6.35. The molecule has 0 aliphatic rings. The van der Waals surface area contributed by atoms with E-state index in [0.717, 1.165) is 12.8 Å². The highest BCUT2D eigenvalue weighted by Gasteiger charge is 2.13. The molecule has 2 N–H and O–H groups in total. The smallest absolute Gasteiger partial charge is 0.241 e. The van der Waals surface area contributed by atoms with Gasteiger partial charge < -0.3 is 4.74 Å². The number of sulfonamides is 1. The molecule has 0 saturated heterocycles. The van der Waals surface area contributed by atoms with Crippen LogP contribution in [0.15, 0.2) is 41.5 Å². The number of para-hydroxylation sites is 1. The minimum Gasteiger partial charge on any atom is -0.464 e. The molecule has 112 valence electrons. The van der Waals surface area contributed by atoms with Crippen LogP contribution in [-0.2, 0) is 10.0 Å². The van der Waals surface area contributed by atoms with Gasteiger partial charge in [-0.3, -0.25) is 0 Å². The van der Waals surface area contributed by atoms with Crippen LogP contribution >= 0.6 is 0 Å². The molecule has 0 fully saturated rings. The van der Waals surface area contributed by atoms with Gasteiger partial charge >= 0.3 is 0 Å². The Hall–Kier alpha value is -1.33. The molecule has 0 bridgehead atoms. The number of nitrogens with two attached hydrogens (primary N) is 1. The SMILES string of the molecule is CCCCCCCC=COc1ccccc1S(N)(=O)=O. The van der Waals surface area contributed by atoms with Crippen LogP contribution in [0.4, 0.5) is 0 Å². The fraction of sp³-hybridized carbons (Fsp3) is 0.467. The molecule has 1 aromatic rings. The zero-order valence-corrected chi connectivity index (χ0v) is 12.7. The molecule has 4 nitrogen and oxygen atoms in total. The monoisotopic (exact) mass is 297 g/mol. The number of primary sulfonamides is 1. The lowest BCUT2D eigenvalue weighted by Gasteiger charge is -2.05. The summed E-state index contributed by atoms with van der Waals surface area (Å²) in [4.78, 5) is 0.00703. The van der Waals surface area contributed by atoms with Crippen molar-refractivity contribution in [3.05, 3.63) is 36.6 Å². The van der Waals surface area contributed by atoms with Gasteiger partial charge in [0.25, 0.3) is 0 Å². The second-order valence-electron chi connectivity index (χ2n) is 4.68. The quantitative estimate of drug-likeness (QED) is 0.559. The molecule has 1 aromatic carbocycles. The van der Waals surface area contributed by atoms with Crippen molar-refractivity contribution in [3.8, 4) is 5.75 Å². The number of rotatable bonds is 9. The molecular formula is C15H23NO3S. The molecule has 0 atom stereocenters. The van der Waals surface area contributed by atoms with E-state index in [0.29, 0.717) is 0 Å². The van der Waals surface area contributed by atoms with Gasteiger partial charge in [0.05, 0.1) is 6.26 Å². The van der Waals surface area contributed by atoms with E-state index in [1.165, 1.54) is 38.0 Å². The fourth-order valence-corrected chi connectivity index (χ4v) is 2.50. The van der Waals surface area contributed by atoms with Crippen molar-refractivity contribution in [1.29, 1.82) is 0 Å². The van der Waals surface area contributed by atoms with E-state index >= 15 is 0 Å². The summed E-state index contributed by atoms with van der Waals surface area (Å²) in [5.74, 6) is 0.261. The lowest BCUT2D eigenvalue weighted by molar-refractivity contribution is 0.463. The second kappa shape index (κ2) is 8.76. The summed E-state index contributed by atoms with van der Waals surface area (Å²) in [6.45, 7) is 2.19. The minimum atomic E-state index is -3.75. The van der Waals surface area contributed by atoms with Crippen molar-refractivity contribution >= 4 is 10.0 Å². The van der Waals surface area contributed by atoms with Crippen LogP contribution in [0.3, 0.4) is 0 Å². The summed E-state index contributed by atoms with van der Waals surface area (Å²) < 4.78 is 28.1. The van der Waals surface area contributed by atoms with Gasteiger partial charge in [-0.1, -0.05) is 44.7 Å². The molecule has 1 rings (SSSR count). The van der Waals surface area contributed by atoms with Crippen LogP contribution in [0.1, 0.15) is 45.4 Å². The number of hydrogen-bond donors (Lipinski definition) is 1. The Kier molecular flexibility index (Phi) is 7.33. The van der Waals surface area contributed by atoms with Gasteiger partial charge in [-0.2, -0.15) is 0 Å². The third-order valence-corrected chi connectivity index (χ3v) is 3.87. The van der Waals surface area contributed by atoms with E-state index in [1.54, 1.807) is 18.2 Å². The maximum absolute atomic E-state index is 11.4. The highest BCUT2D eigenvalue weighted by Crippen LogP contribution is 2.22. The summed E-state index contributed by atoms with van der Waals surface area (Å²) in [5, 5.41) is 5.12. The Morgan fingerprint density at radius 1 is 1.15 bits per heavy atom. The van der Waals surface area contributed by atoms with Crippen LogP contribution in [0, 0.1) is 0 Å². The molecule has 20 heavy (non-hydrogen) atoms. The lowest BCUT2D eigenvalue weighted by atomic mass is 10.1. The molecule has 0 amide bonds. The van der Waals surface area contributed by atoms with Crippen molar-refractivity contribution in [1.82, 2.24) is 0 Å². The molecular weight excluding hydrogens is 274 g/mol. The molecule has 0 spiro atoms. The third-order valence-electron chi connectivity index (χ3n) is 2.92. The summed E-state index contributed by atoms with van der Waals surface area (Å²) in [5.41, 5.74) is 0. The van der Waals surface area contributed by atoms with Crippen LogP contribution in [-0.4, -0.2) is 8.42 Å². The number of hydrogen-bond acceptors (Lipinski definition) is 3. The highest BCUT2D eigenvalue weighted by molar-refractivity contribution is 7.89. The summed E-state index contributed by atoms with van der Waals surface area (Å²) in [6.07, 6.45) is 10.5.